The maximum atomic E-state index is 5.82. The molecule has 0 amide bonds. The maximum absolute atomic E-state index is 5.82. The molecule has 17 heavy (non-hydrogen) atoms. The molecule has 5 nitrogen and oxygen atoms in total. The van der Waals surface area contributed by atoms with Crippen LogP contribution < -0.4 is 11.1 Å². The Morgan fingerprint density at radius 2 is 2.24 bits per heavy atom. The lowest BCUT2D eigenvalue weighted by Crippen LogP contribution is -2.38. The first kappa shape index (κ1) is 11.8. The van der Waals surface area contributed by atoms with Gasteiger partial charge in [-0.05, 0) is 12.8 Å². The number of hydrogen-bond donors (Lipinski definition) is 2. The molecule has 0 bridgehead atoms. The lowest BCUT2D eigenvalue weighted by Gasteiger charge is -2.11. The van der Waals surface area contributed by atoms with Gasteiger partial charge in [0.1, 0.15) is 0 Å². The third-order valence-electron chi connectivity index (χ3n) is 2.97. The first-order valence-electron chi connectivity index (χ1n) is 6.16. The highest BCUT2D eigenvalue weighted by atomic mass is 15.1. The van der Waals surface area contributed by atoms with E-state index in [9.17, 15) is 0 Å². The third-order valence-corrected chi connectivity index (χ3v) is 2.97. The molecule has 1 aliphatic carbocycles. The molecule has 92 valence electrons. The summed E-state index contributed by atoms with van der Waals surface area (Å²) < 4.78 is 0. The van der Waals surface area contributed by atoms with Gasteiger partial charge in [0.2, 0.25) is 0 Å². The fraction of sp³-hybridized carbons (Fsp3) is 0.583. The van der Waals surface area contributed by atoms with E-state index in [1.807, 2.05) is 0 Å². The van der Waals surface area contributed by atoms with Gasteiger partial charge >= 0.3 is 0 Å². The van der Waals surface area contributed by atoms with Crippen LogP contribution in [0.1, 0.15) is 31.4 Å². The molecule has 1 aliphatic rings. The average Bonchev–Trinajstić information content (AvgIpc) is 2.83. The highest BCUT2D eigenvalue weighted by molar-refractivity contribution is 5.78. The van der Waals surface area contributed by atoms with E-state index in [4.69, 9.17) is 5.73 Å². The molecule has 0 atom stereocenters. The number of nitrogens with two attached hydrogens (primary N) is 1. The van der Waals surface area contributed by atoms with Gasteiger partial charge in [-0.15, -0.1) is 0 Å². The minimum atomic E-state index is 0.523. The zero-order chi connectivity index (χ0) is 11.9. The van der Waals surface area contributed by atoms with Crippen molar-refractivity contribution in [2.45, 2.75) is 38.1 Å². The second kappa shape index (κ2) is 6.18. The molecule has 1 heterocycles. The Hall–Kier alpha value is -1.65. The number of guanidine groups is 1. The Balaban J connectivity index is 1.72. The summed E-state index contributed by atoms with van der Waals surface area (Å²) in [5.41, 5.74) is 6.77. The molecule has 1 aromatic rings. The molecule has 1 fully saturated rings. The predicted molar refractivity (Wildman–Crippen MR) is 67.6 cm³/mol. The van der Waals surface area contributed by atoms with E-state index in [2.05, 4.69) is 20.3 Å². The second-order valence-corrected chi connectivity index (χ2v) is 4.34. The zero-order valence-corrected chi connectivity index (χ0v) is 9.97. The fourth-order valence-electron chi connectivity index (χ4n) is 2.07. The molecular formula is C12H19N5. The number of hydrogen-bond acceptors (Lipinski definition) is 3. The number of nitrogens with zero attached hydrogens (tertiary/aromatic N) is 3. The minimum absolute atomic E-state index is 0.523. The molecular weight excluding hydrogens is 214 g/mol. The van der Waals surface area contributed by atoms with Gasteiger partial charge in [0.25, 0.3) is 0 Å². The van der Waals surface area contributed by atoms with E-state index >= 15 is 0 Å². The van der Waals surface area contributed by atoms with Crippen LogP contribution in [-0.4, -0.2) is 28.5 Å². The topological polar surface area (TPSA) is 76.2 Å². The molecule has 0 radical (unpaired) electrons. The molecule has 5 heteroatoms. The Labute approximate surface area is 102 Å². The van der Waals surface area contributed by atoms with Gasteiger partial charge in [-0.25, -0.2) is 0 Å². The minimum Gasteiger partial charge on any atom is -0.370 e. The second-order valence-electron chi connectivity index (χ2n) is 4.34. The molecule has 0 aromatic carbocycles. The summed E-state index contributed by atoms with van der Waals surface area (Å²) in [5, 5.41) is 3.26. The van der Waals surface area contributed by atoms with E-state index in [1.54, 1.807) is 18.6 Å². The molecule has 0 saturated heterocycles. The standard InChI is InChI=1S/C12H19N5/c13-12(17-10-3-1-2-4-10)16-6-5-11-9-14-7-8-15-11/h7-10H,1-6H2,(H3,13,16,17). The number of aliphatic imine (C=N–C) groups is 1. The van der Waals surface area contributed by atoms with Gasteiger partial charge in [-0.2, -0.15) is 0 Å². The summed E-state index contributed by atoms with van der Waals surface area (Å²) in [6.07, 6.45) is 10.9. The van der Waals surface area contributed by atoms with Gasteiger partial charge in [0.15, 0.2) is 5.96 Å². The van der Waals surface area contributed by atoms with E-state index in [-0.39, 0.29) is 0 Å². The molecule has 1 saturated carbocycles. The SMILES string of the molecule is NC(=NCCc1cnccn1)NC1CCCC1. The van der Waals surface area contributed by atoms with Gasteiger partial charge in [-0.3, -0.25) is 15.0 Å². The van der Waals surface area contributed by atoms with Crippen molar-refractivity contribution in [2.24, 2.45) is 10.7 Å². The van der Waals surface area contributed by atoms with Crippen LogP contribution in [0.4, 0.5) is 0 Å². The van der Waals surface area contributed by atoms with Crippen molar-refractivity contribution in [3.63, 3.8) is 0 Å². The van der Waals surface area contributed by atoms with E-state index in [0.717, 1.165) is 12.1 Å². The van der Waals surface area contributed by atoms with Crippen LogP contribution in [0.3, 0.4) is 0 Å². The van der Waals surface area contributed by atoms with E-state index in [0.29, 0.717) is 18.5 Å². The van der Waals surface area contributed by atoms with Gasteiger partial charge in [-0.1, -0.05) is 12.8 Å². The Kier molecular flexibility index (Phi) is 4.30. The highest BCUT2D eigenvalue weighted by Gasteiger charge is 2.14. The van der Waals surface area contributed by atoms with Crippen LogP contribution in [0, 0.1) is 0 Å². The summed E-state index contributed by atoms with van der Waals surface area (Å²) in [5.74, 6) is 0.556. The predicted octanol–water partition coefficient (Wildman–Crippen LogP) is 0.866. The number of nitrogens with one attached hydrogen (secondary N) is 1. The first-order valence-corrected chi connectivity index (χ1v) is 6.16. The van der Waals surface area contributed by atoms with Gasteiger partial charge < -0.3 is 11.1 Å². The smallest absolute Gasteiger partial charge is 0.188 e. The van der Waals surface area contributed by atoms with Crippen LogP contribution in [0.5, 0.6) is 0 Å². The summed E-state index contributed by atoms with van der Waals surface area (Å²) in [7, 11) is 0. The largest absolute Gasteiger partial charge is 0.370 e. The molecule has 3 N–H and O–H groups in total. The Bertz CT molecular complexity index is 356. The molecule has 0 spiro atoms. The molecule has 0 unspecified atom stereocenters. The lowest BCUT2D eigenvalue weighted by atomic mass is 10.2. The van der Waals surface area contributed by atoms with Crippen molar-refractivity contribution < 1.29 is 0 Å². The van der Waals surface area contributed by atoms with E-state index in [1.165, 1.54) is 25.7 Å². The van der Waals surface area contributed by atoms with Crippen molar-refractivity contribution in [2.75, 3.05) is 6.54 Å². The maximum Gasteiger partial charge on any atom is 0.188 e. The summed E-state index contributed by atoms with van der Waals surface area (Å²) in [4.78, 5) is 12.5. The molecule has 2 rings (SSSR count). The van der Waals surface area contributed by atoms with Crippen LogP contribution in [0.15, 0.2) is 23.6 Å². The highest BCUT2D eigenvalue weighted by Crippen LogP contribution is 2.17. The summed E-state index contributed by atoms with van der Waals surface area (Å²) >= 11 is 0. The molecule has 1 aromatic heterocycles. The van der Waals surface area contributed by atoms with Crippen molar-refractivity contribution in [3.8, 4) is 0 Å². The third kappa shape index (κ3) is 4.01. The Morgan fingerprint density at radius 3 is 2.94 bits per heavy atom. The van der Waals surface area contributed by atoms with Gasteiger partial charge in [0, 0.05) is 37.6 Å². The van der Waals surface area contributed by atoms with E-state index < -0.39 is 0 Å². The number of aromatic nitrogens is 2. The van der Waals surface area contributed by atoms with Gasteiger partial charge in [0.05, 0.1) is 5.69 Å². The Morgan fingerprint density at radius 1 is 1.41 bits per heavy atom. The number of rotatable bonds is 4. The summed E-state index contributed by atoms with van der Waals surface area (Å²) in [6.45, 7) is 0.657. The van der Waals surface area contributed by atoms with Crippen molar-refractivity contribution in [1.29, 1.82) is 0 Å². The fourth-order valence-corrected chi connectivity index (χ4v) is 2.07. The van der Waals surface area contributed by atoms with Crippen LogP contribution in [-0.2, 0) is 6.42 Å². The van der Waals surface area contributed by atoms with Crippen LogP contribution >= 0.6 is 0 Å². The van der Waals surface area contributed by atoms with Crippen molar-refractivity contribution in [1.82, 2.24) is 15.3 Å². The van der Waals surface area contributed by atoms with Crippen LogP contribution in [0.2, 0.25) is 0 Å². The lowest BCUT2D eigenvalue weighted by molar-refractivity contribution is 0.625. The molecule has 0 aliphatic heterocycles. The summed E-state index contributed by atoms with van der Waals surface area (Å²) in [6, 6.07) is 0.523. The van der Waals surface area contributed by atoms with Crippen LogP contribution in [0.25, 0.3) is 0 Å². The normalized spacial score (nSPS) is 17.3. The zero-order valence-electron chi connectivity index (χ0n) is 9.97. The monoisotopic (exact) mass is 233 g/mol. The average molecular weight is 233 g/mol. The quantitative estimate of drug-likeness (QED) is 0.597. The first-order chi connectivity index (χ1) is 8.34. The van der Waals surface area contributed by atoms with Crippen molar-refractivity contribution >= 4 is 5.96 Å². The van der Waals surface area contributed by atoms with Crippen molar-refractivity contribution in [3.05, 3.63) is 24.3 Å².